The monoisotopic (exact) mass is 419 g/mol. The van der Waals surface area contributed by atoms with Crippen LogP contribution < -0.4 is 9.47 Å². The Hall–Kier alpha value is -3.65. The third-order valence-electron chi connectivity index (χ3n) is 4.95. The largest absolute Gasteiger partial charge is 0.497 e. The molecule has 2 heterocycles. The van der Waals surface area contributed by atoms with Crippen molar-refractivity contribution in [2.24, 2.45) is 0 Å². The molecule has 4 aromatic rings. The van der Waals surface area contributed by atoms with Crippen molar-refractivity contribution in [2.45, 2.75) is 26.6 Å². The molecule has 2 aromatic heterocycles. The van der Waals surface area contributed by atoms with Gasteiger partial charge < -0.3 is 19.1 Å². The molecule has 0 unspecified atom stereocenters. The fourth-order valence-electron chi connectivity index (χ4n) is 3.42. The van der Waals surface area contributed by atoms with Crippen LogP contribution in [-0.2, 0) is 19.7 Å². The van der Waals surface area contributed by atoms with Gasteiger partial charge in [-0.3, -0.25) is 4.68 Å². The molecule has 0 amide bonds. The first-order valence-corrected chi connectivity index (χ1v) is 10.1. The third-order valence-corrected chi connectivity index (χ3v) is 4.95. The summed E-state index contributed by atoms with van der Waals surface area (Å²) in [5.74, 6) is 2.08. The summed E-state index contributed by atoms with van der Waals surface area (Å²) < 4.78 is 15.1. The quantitative estimate of drug-likeness (QED) is 0.449. The van der Waals surface area contributed by atoms with Crippen LogP contribution in [0, 0.1) is 6.92 Å². The van der Waals surface area contributed by atoms with Crippen LogP contribution in [0.15, 0.2) is 60.9 Å². The maximum absolute atomic E-state index is 9.55. The molecule has 8 nitrogen and oxygen atoms in total. The standard InChI is InChI=1S/C23H25N5O3/c1-17-22(31-15-19-6-4-3-5-7-19)21(28(26-17)12-13-29)23-25-24-16-27(23)14-18-8-10-20(30-2)11-9-18/h3-11,16,29H,12-15H2,1-2H3. The lowest BCUT2D eigenvalue weighted by Gasteiger charge is -2.12. The van der Waals surface area contributed by atoms with Crippen molar-refractivity contribution < 1.29 is 14.6 Å². The fraction of sp³-hybridized carbons (Fsp3) is 0.261. The number of rotatable bonds is 9. The molecule has 0 spiro atoms. The van der Waals surface area contributed by atoms with Gasteiger partial charge >= 0.3 is 0 Å². The molecule has 0 bridgehead atoms. The van der Waals surface area contributed by atoms with Crippen LogP contribution >= 0.6 is 0 Å². The molecule has 4 rings (SSSR count). The highest BCUT2D eigenvalue weighted by Crippen LogP contribution is 2.33. The van der Waals surface area contributed by atoms with Gasteiger partial charge in [-0.1, -0.05) is 42.5 Å². The van der Waals surface area contributed by atoms with E-state index in [0.717, 1.165) is 22.6 Å². The highest BCUT2D eigenvalue weighted by Gasteiger charge is 2.23. The minimum Gasteiger partial charge on any atom is -0.497 e. The zero-order valence-electron chi connectivity index (χ0n) is 17.6. The maximum Gasteiger partial charge on any atom is 0.186 e. The molecule has 0 radical (unpaired) electrons. The Morgan fingerprint density at radius 2 is 1.77 bits per heavy atom. The summed E-state index contributed by atoms with van der Waals surface area (Å²) in [6.45, 7) is 3.17. The van der Waals surface area contributed by atoms with E-state index in [-0.39, 0.29) is 6.61 Å². The number of methoxy groups -OCH3 is 1. The second-order valence-electron chi connectivity index (χ2n) is 7.11. The molecule has 0 saturated heterocycles. The van der Waals surface area contributed by atoms with E-state index in [1.54, 1.807) is 18.1 Å². The lowest BCUT2D eigenvalue weighted by atomic mass is 10.2. The second kappa shape index (κ2) is 9.44. The maximum atomic E-state index is 9.55. The van der Waals surface area contributed by atoms with Gasteiger partial charge in [0.1, 0.15) is 30.1 Å². The number of aryl methyl sites for hydroxylation is 1. The SMILES string of the molecule is COc1ccc(Cn2cnnc2-c2c(OCc3ccccc3)c(C)nn2CCO)cc1. The van der Waals surface area contributed by atoms with E-state index in [4.69, 9.17) is 9.47 Å². The molecular formula is C23H25N5O3. The first-order valence-electron chi connectivity index (χ1n) is 10.1. The Labute approximate surface area is 180 Å². The molecule has 31 heavy (non-hydrogen) atoms. The predicted molar refractivity (Wildman–Crippen MR) is 116 cm³/mol. The van der Waals surface area contributed by atoms with E-state index in [2.05, 4.69) is 15.3 Å². The Morgan fingerprint density at radius 3 is 2.48 bits per heavy atom. The van der Waals surface area contributed by atoms with Crippen molar-refractivity contribution in [1.29, 1.82) is 0 Å². The van der Waals surface area contributed by atoms with Crippen molar-refractivity contribution in [1.82, 2.24) is 24.5 Å². The Morgan fingerprint density at radius 1 is 1.00 bits per heavy atom. The Balaban J connectivity index is 1.67. The molecule has 1 N–H and O–H groups in total. The lowest BCUT2D eigenvalue weighted by molar-refractivity contribution is 0.269. The van der Waals surface area contributed by atoms with Crippen molar-refractivity contribution >= 4 is 0 Å². The van der Waals surface area contributed by atoms with Gasteiger partial charge in [0.15, 0.2) is 11.6 Å². The molecule has 8 heteroatoms. The normalized spacial score (nSPS) is 10.9. The molecule has 2 aromatic carbocycles. The third kappa shape index (κ3) is 4.59. The van der Waals surface area contributed by atoms with Crippen LogP contribution in [-0.4, -0.2) is 43.4 Å². The average molecular weight is 419 g/mol. The van der Waals surface area contributed by atoms with Gasteiger partial charge in [0.05, 0.1) is 26.8 Å². The fourth-order valence-corrected chi connectivity index (χ4v) is 3.42. The summed E-state index contributed by atoms with van der Waals surface area (Å²) in [5, 5.41) is 22.6. The number of hydrogen-bond donors (Lipinski definition) is 1. The van der Waals surface area contributed by atoms with Gasteiger partial charge in [0.2, 0.25) is 0 Å². The van der Waals surface area contributed by atoms with Crippen LogP contribution in [0.1, 0.15) is 16.8 Å². The van der Waals surface area contributed by atoms with Gasteiger partial charge in [-0.05, 0) is 30.2 Å². The number of aliphatic hydroxyl groups is 1. The number of benzene rings is 2. The Bertz CT molecular complexity index is 1120. The van der Waals surface area contributed by atoms with E-state index in [1.807, 2.05) is 66.1 Å². The molecule has 0 fully saturated rings. The number of aromatic nitrogens is 5. The van der Waals surface area contributed by atoms with E-state index in [9.17, 15) is 5.11 Å². The van der Waals surface area contributed by atoms with Crippen molar-refractivity contribution in [3.63, 3.8) is 0 Å². The lowest BCUT2D eigenvalue weighted by Crippen LogP contribution is -2.10. The van der Waals surface area contributed by atoms with E-state index < -0.39 is 0 Å². The first kappa shape index (κ1) is 20.6. The molecule has 160 valence electrons. The van der Waals surface area contributed by atoms with Crippen molar-refractivity contribution in [3.05, 3.63) is 77.7 Å². The predicted octanol–water partition coefficient (Wildman–Crippen LogP) is 3.08. The van der Waals surface area contributed by atoms with Crippen molar-refractivity contribution in [2.75, 3.05) is 13.7 Å². The zero-order valence-corrected chi connectivity index (χ0v) is 17.6. The first-order chi connectivity index (χ1) is 15.2. The zero-order chi connectivity index (χ0) is 21.6. The topological polar surface area (TPSA) is 87.2 Å². The highest BCUT2D eigenvalue weighted by molar-refractivity contribution is 5.62. The van der Waals surface area contributed by atoms with E-state index >= 15 is 0 Å². The van der Waals surface area contributed by atoms with Crippen LogP contribution in [0.3, 0.4) is 0 Å². The average Bonchev–Trinajstić information content (AvgIpc) is 3.37. The summed E-state index contributed by atoms with van der Waals surface area (Å²) in [5.41, 5.74) is 3.58. The van der Waals surface area contributed by atoms with Gasteiger partial charge in [-0.15, -0.1) is 10.2 Å². The summed E-state index contributed by atoms with van der Waals surface area (Å²) in [4.78, 5) is 0. The summed E-state index contributed by atoms with van der Waals surface area (Å²) in [7, 11) is 1.65. The summed E-state index contributed by atoms with van der Waals surface area (Å²) in [6, 6.07) is 17.8. The molecule has 0 aliphatic heterocycles. The van der Waals surface area contributed by atoms with Crippen LogP contribution in [0.5, 0.6) is 11.5 Å². The van der Waals surface area contributed by atoms with E-state index in [1.165, 1.54) is 0 Å². The molecular weight excluding hydrogens is 394 g/mol. The number of hydrogen-bond acceptors (Lipinski definition) is 6. The highest BCUT2D eigenvalue weighted by atomic mass is 16.5. The number of ether oxygens (including phenoxy) is 2. The van der Waals surface area contributed by atoms with Crippen LogP contribution in [0.25, 0.3) is 11.5 Å². The molecule has 0 aliphatic rings. The van der Waals surface area contributed by atoms with Gasteiger partial charge in [0.25, 0.3) is 0 Å². The van der Waals surface area contributed by atoms with Crippen molar-refractivity contribution in [3.8, 4) is 23.0 Å². The van der Waals surface area contributed by atoms with E-state index in [0.29, 0.717) is 37.0 Å². The molecule has 0 saturated carbocycles. The molecule has 0 atom stereocenters. The Kier molecular flexibility index (Phi) is 6.28. The van der Waals surface area contributed by atoms with Gasteiger partial charge in [-0.2, -0.15) is 5.10 Å². The van der Waals surface area contributed by atoms with Crippen LogP contribution in [0.4, 0.5) is 0 Å². The second-order valence-corrected chi connectivity index (χ2v) is 7.11. The number of aliphatic hydroxyl groups excluding tert-OH is 1. The van der Waals surface area contributed by atoms with Crippen LogP contribution in [0.2, 0.25) is 0 Å². The summed E-state index contributed by atoms with van der Waals surface area (Å²) >= 11 is 0. The summed E-state index contributed by atoms with van der Waals surface area (Å²) in [6.07, 6.45) is 1.69. The van der Waals surface area contributed by atoms with Gasteiger partial charge in [0, 0.05) is 0 Å². The van der Waals surface area contributed by atoms with Gasteiger partial charge in [-0.25, -0.2) is 0 Å². The smallest absolute Gasteiger partial charge is 0.186 e. The number of nitrogens with zero attached hydrogens (tertiary/aromatic N) is 5. The minimum absolute atomic E-state index is 0.0428. The minimum atomic E-state index is -0.0428. The molecule has 0 aliphatic carbocycles.